The highest BCUT2D eigenvalue weighted by Gasteiger charge is 2.14. The van der Waals surface area contributed by atoms with E-state index in [0.717, 1.165) is 37.5 Å². The zero-order chi connectivity index (χ0) is 16.6. The third-order valence-electron chi connectivity index (χ3n) is 3.42. The fourth-order valence-corrected chi connectivity index (χ4v) is 4.12. The molecule has 0 aliphatic heterocycles. The molecule has 24 heavy (non-hydrogen) atoms. The van der Waals surface area contributed by atoms with Crippen LogP contribution in [0.1, 0.15) is 20.1 Å². The van der Waals surface area contributed by atoms with Gasteiger partial charge in [0.05, 0.1) is 10.6 Å². The van der Waals surface area contributed by atoms with E-state index in [1.54, 1.807) is 0 Å². The number of thiol groups is 1. The molecule has 0 spiro atoms. The number of anilines is 2. The molecule has 1 aromatic carbocycles. The number of aryl methyl sites for hydroxylation is 1. The molecule has 0 amide bonds. The number of thiazole rings is 1. The topological polar surface area (TPSA) is 42.0 Å². The lowest BCUT2D eigenvalue weighted by atomic mass is 10.2. The van der Waals surface area contributed by atoms with E-state index in [1.165, 1.54) is 22.7 Å². The maximum Gasteiger partial charge on any atom is 0.226 e. The van der Waals surface area contributed by atoms with Crippen LogP contribution in [0.25, 0.3) is 11.3 Å². The Balaban J connectivity index is 0.00000208. The normalized spacial score (nSPS) is 10.3. The summed E-state index contributed by atoms with van der Waals surface area (Å²) >= 11 is 13.0. The molecule has 0 radical (unpaired) electrons. The van der Waals surface area contributed by atoms with Gasteiger partial charge in [0.15, 0.2) is 5.13 Å². The van der Waals surface area contributed by atoms with Gasteiger partial charge in [-0.3, -0.25) is 4.79 Å². The van der Waals surface area contributed by atoms with Crippen LogP contribution in [0.4, 0.5) is 10.8 Å². The third-order valence-corrected chi connectivity index (χ3v) is 6.03. The molecular formula is C16H14BrClN2OS3. The molecule has 126 valence electrons. The summed E-state index contributed by atoms with van der Waals surface area (Å²) in [6.07, 6.45) is 0. The van der Waals surface area contributed by atoms with Gasteiger partial charge in [0.1, 0.15) is 0 Å². The van der Waals surface area contributed by atoms with E-state index in [1.807, 2.05) is 43.5 Å². The van der Waals surface area contributed by atoms with E-state index in [2.05, 4.69) is 22.9 Å². The Hall–Kier alpha value is -0.860. The highest BCUT2D eigenvalue weighted by atomic mass is 79.9. The largest absolute Gasteiger partial charge is 0.331 e. The molecule has 0 aliphatic rings. The number of nitrogens with one attached hydrogen (secondary N) is 1. The third kappa shape index (κ3) is 4.03. The Labute approximate surface area is 169 Å². The van der Waals surface area contributed by atoms with Crippen LogP contribution in [0.3, 0.4) is 0 Å². The summed E-state index contributed by atoms with van der Waals surface area (Å²) in [5.74, 6) is 0. The van der Waals surface area contributed by atoms with Gasteiger partial charge in [-0.15, -0.1) is 39.7 Å². The average Bonchev–Trinajstić information content (AvgIpc) is 3.10. The molecular weight excluding hydrogens is 448 g/mol. The molecule has 0 saturated carbocycles. The van der Waals surface area contributed by atoms with Gasteiger partial charge >= 0.3 is 0 Å². The van der Waals surface area contributed by atoms with Crippen LogP contribution in [0.5, 0.6) is 0 Å². The van der Waals surface area contributed by atoms with Gasteiger partial charge in [0.25, 0.3) is 0 Å². The first-order valence-corrected chi connectivity index (χ1v) is 9.29. The molecule has 2 aromatic heterocycles. The number of aromatic nitrogens is 1. The van der Waals surface area contributed by atoms with Gasteiger partial charge < -0.3 is 5.32 Å². The predicted octanol–water partition coefficient (Wildman–Crippen LogP) is 6.53. The first-order chi connectivity index (χ1) is 11.0. The number of nitrogens with zero attached hydrogens (tertiary/aromatic N) is 1. The first kappa shape index (κ1) is 19.5. The van der Waals surface area contributed by atoms with Crippen molar-refractivity contribution in [3.63, 3.8) is 0 Å². The van der Waals surface area contributed by atoms with E-state index in [4.69, 9.17) is 11.6 Å². The smallest absolute Gasteiger partial charge is 0.226 e. The van der Waals surface area contributed by atoms with Crippen molar-refractivity contribution in [3.8, 4) is 11.3 Å². The summed E-state index contributed by atoms with van der Waals surface area (Å²) in [5.41, 5.74) is 3.75. The maximum atomic E-state index is 11.4. The molecule has 2 heterocycles. The Kier molecular flexibility index (Phi) is 6.50. The van der Waals surface area contributed by atoms with Crippen molar-refractivity contribution >= 4 is 79.8 Å². The SMILES string of the molecule is Br.Cc1sc(C(=O)S)cc1-c1csc(Nc2cccc(Cl)c2C)n1. The molecule has 3 nitrogen and oxygen atoms in total. The van der Waals surface area contributed by atoms with E-state index in [0.29, 0.717) is 4.88 Å². The van der Waals surface area contributed by atoms with Crippen molar-refractivity contribution < 1.29 is 4.79 Å². The lowest BCUT2D eigenvalue weighted by molar-refractivity contribution is 0.109. The second-order valence-electron chi connectivity index (χ2n) is 4.96. The van der Waals surface area contributed by atoms with Gasteiger partial charge in [-0.1, -0.05) is 30.3 Å². The molecule has 8 heteroatoms. The van der Waals surface area contributed by atoms with E-state index in [9.17, 15) is 4.79 Å². The second-order valence-corrected chi connectivity index (χ2v) is 7.89. The van der Waals surface area contributed by atoms with Crippen LogP contribution in [0.15, 0.2) is 29.6 Å². The summed E-state index contributed by atoms with van der Waals surface area (Å²) in [4.78, 5) is 17.7. The Morgan fingerprint density at radius 1 is 1.33 bits per heavy atom. The van der Waals surface area contributed by atoms with Gasteiger partial charge in [-0.05, 0) is 37.6 Å². The van der Waals surface area contributed by atoms with Crippen LogP contribution in [0.2, 0.25) is 5.02 Å². The molecule has 0 bridgehead atoms. The number of benzene rings is 1. The zero-order valence-electron chi connectivity index (χ0n) is 12.8. The molecule has 0 unspecified atom stereocenters. The van der Waals surface area contributed by atoms with Crippen LogP contribution >= 0.6 is 63.9 Å². The molecule has 0 atom stereocenters. The highest BCUT2D eigenvalue weighted by molar-refractivity contribution is 8.93. The minimum atomic E-state index is -0.215. The highest BCUT2D eigenvalue weighted by Crippen LogP contribution is 2.35. The molecule has 0 fully saturated rings. The number of carbonyl (C=O) groups excluding carboxylic acids is 1. The van der Waals surface area contributed by atoms with E-state index >= 15 is 0 Å². The predicted molar refractivity (Wildman–Crippen MR) is 113 cm³/mol. The Morgan fingerprint density at radius 3 is 2.75 bits per heavy atom. The van der Waals surface area contributed by atoms with Crippen molar-refractivity contribution in [2.24, 2.45) is 0 Å². The van der Waals surface area contributed by atoms with Crippen LogP contribution in [-0.4, -0.2) is 10.1 Å². The standard InChI is InChI=1S/C16H13ClN2OS3.BrH/c1-8-11(17)4-3-5-12(8)18-16-19-13(7-22-16)10-6-14(15(20)21)23-9(10)2;/h3-7H,1-2H3,(H,18,19)(H,20,21);1H. The van der Waals surface area contributed by atoms with Crippen LogP contribution in [-0.2, 0) is 0 Å². The van der Waals surface area contributed by atoms with Crippen LogP contribution in [0, 0.1) is 13.8 Å². The number of halogens is 2. The van der Waals surface area contributed by atoms with Crippen molar-refractivity contribution in [2.45, 2.75) is 13.8 Å². The fraction of sp³-hybridized carbons (Fsp3) is 0.125. The maximum absolute atomic E-state index is 11.4. The first-order valence-electron chi connectivity index (χ1n) is 6.77. The summed E-state index contributed by atoms with van der Waals surface area (Å²) < 4.78 is 0. The average molecular weight is 462 g/mol. The minimum Gasteiger partial charge on any atom is -0.331 e. The minimum absolute atomic E-state index is 0. The van der Waals surface area contributed by atoms with Gasteiger partial charge in [0, 0.05) is 26.5 Å². The van der Waals surface area contributed by atoms with Gasteiger partial charge in [0.2, 0.25) is 5.12 Å². The number of rotatable bonds is 4. The summed E-state index contributed by atoms with van der Waals surface area (Å²) in [5, 5.41) is 6.56. The lowest BCUT2D eigenvalue weighted by Crippen LogP contribution is -1.93. The zero-order valence-corrected chi connectivity index (χ0v) is 17.8. The van der Waals surface area contributed by atoms with E-state index in [-0.39, 0.29) is 22.1 Å². The van der Waals surface area contributed by atoms with Crippen molar-refractivity contribution in [1.29, 1.82) is 0 Å². The number of hydrogen-bond acceptors (Lipinski definition) is 5. The fourth-order valence-electron chi connectivity index (χ4n) is 2.15. The summed E-state index contributed by atoms with van der Waals surface area (Å²) in [6.45, 7) is 3.95. The number of carbonyl (C=O) groups is 1. The monoisotopic (exact) mass is 460 g/mol. The van der Waals surface area contributed by atoms with E-state index < -0.39 is 0 Å². The Morgan fingerprint density at radius 2 is 2.08 bits per heavy atom. The van der Waals surface area contributed by atoms with Crippen LogP contribution < -0.4 is 5.32 Å². The number of thiophene rings is 1. The van der Waals surface area contributed by atoms with Crippen molar-refractivity contribution in [1.82, 2.24) is 4.98 Å². The summed E-state index contributed by atoms with van der Waals surface area (Å²) in [7, 11) is 0. The summed E-state index contributed by atoms with van der Waals surface area (Å²) in [6, 6.07) is 7.58. The molecule has 1 N–H and O–H groups in total. The quantitative estimate of drug-likeness (QED) is 0.434. The molecule has 0 saturated heterocycles. The second kappa shape index (κ2) is 8.01. The van der Waals surface area contributed by atoms with Crippen molar-refractivity contribution in [3.05, 3.63) is 50.0 Å². The molecule has 0 aliphatic carbocycles. The number of hydrogen-bond donors (Lipinski definition) is 2. The molecule has 3 rings (SSSR count). The van der Waals surface area contributed by atoms with Gasteiger partial charge in [-0.2, -0.15) is 0 Å². The van der Waals surface area contributed by atoms with Gasteiger partial charge in [-0.25, -0.2) is 4.98 Å². The molecule has 3 aromatic rings. The van der Waals surface area contributed by atoms with Crippen molar-refractivity contribution in [2.75, 3.05) is 5.32 Å². The Bertz CT molecular complexity index is 891. The lowest BCUT2D eigenvalue weighted by Gasteiger charge is -2.07.